The number of benzene rings is 2. The van der Waals surface area contributed by atoms with Crippen LogP contribution in [0.3, 0.4) is 0 Å². The van der Waals surface area contributed by atoms with Gasteiger partial charge < -0.3 is 4.74 Å². The van der Waals surface area contributed by atoms with Gasteiger partial charge in [-0.2, -0.15) is 4.31 Å². The SMILES string of the molecule is CCOC(=O)CN1C[C@H](Cc2ccccc2)N(S(=O)(=O)c2ccccc2[N+](=O)[O-])C[C@@H]1CBr. The lowest BCUT2D eigenvalue weighted by atomic mass is 10.0. The number of halogens is 1. The van der Waals surface area contributed by atoms with Crippen molar-refractivity contribution in [3.05, 3.63) is 70.3 Å². The van der Waals surface area contributed by atoms with Crippen molar-refractivity contribution in [1.29, 1.82) is 0 Å². The van der Waals surface area contributed by atoms with E-state index in [0.29, 0.717) is 11.8 Å². The van der Waals surface area contributed by atoms with E-state index in [1.165, 1.54) is 28.6 Å². The number of sulfonamides is 1. The molecule has 0 bridgehead atoms. The van der Waals surface area contributed by atoms with Crippen molar-refractivity contribution in [3.8, 4) is 0 Å². The van der Waals surface area contributed by atoms with Gasteiger partial charge in [0.2, 0.25) is 10.0 Å². The van der Waals surface area contributed by atoms with Gasteiger partial charge in [0.1, 0.15) is 0 Å². The maximum Gasteiger partial charge on any atom is 0.320 e. The summed E-state index contributed by atoms with van der Waals surface area (Å²) in [6, 6.07) is 14.0. The Morgan fingerprint density at radius 2 is 1.79 bits per heavy atom. The number of ether oxygens (including phenoxy) is 1. The standard InChI is InChI=1S/C22H26BrN3O6S/c1-2-32-22(27)16-24-14-18(12-17-8-4-3-5-9-17)25(15-19(24)13-23)33(30,31)21-11-7-6-10-20(21)26(28)29/h3-11,18-19H,2,12-16H2,1H3/t18-,19-/m0/s1. The summed E-state index contributed by atoms with van der Waals surface area (Å²) >= 11 is 3.43. The topological polar surface area (TPSA) is 110 Å². The van der Waals surface area contributed by atoms with E-state index in [0.717, 1.165) is 5.56 Å². The summed E-state index contributed by atoms with van der Waals surface area (Å²) in [6.45, 7) is 2.39. The van der Waals surface area contributed by atoms with Gasteiger partial charge in [0.15, 0.2) is 4.90 Å². The number of carbonyl (C=O) groups excluding carboxylic acids is 1. The zero-order valence-electron chi connectivity index (χ0n) is 18.2. The molecule has 178 valence electrons. The first-order valence-corrected chi connectivity index (χ1v) is 13.1. The molecule has 0 amide bonds. The molecule has 2 aromatic rings. The normalized spacial score (nSPS) is 19.8. The first-order chi connectivity index (χ1) is 15.8. The molecule has 1 fully saturated rings. The molecule has 11 heteroatoms. The molecule has 0 N–H and O–H groups in total. The molecule has 1 aliphatic rings. The average Bonchev–Trinajstić information content (AvgIpc) is 2.80. The molecule has 0 radical (unpaired) electrons. The van der Waals surface area contributed by atoms with Crippen molar-refractivity contribution < 1.29 is 22.9 Å². The summed E-state index contributed by atoms with van der Waals surface area (Å²) in [5.41, 5.74) is 0.471. The van der Waals surface area contributed by atoms with Crippen LogP contribution in [0.15, 0.2) is 59.5 Å². The van der Waals surface area contributed by atoms with E-state index in [4.69, 9.17) is 4.74 Å². The van der Waals surface area contributed by atoms with Crippen molar-refractivity contribution in [2.45, 2.75) is 30.3 Å². The molecule has 0 aliphatic carbocycles. The lowest BCUT2D eigenvalue weighted by molar-refractivity contribution is -0.387. The molecule has 2 aromatic carbocycles. The predicted octanol–water partition coefficient (Wildman–Crippen LogP) is 2.84. The zero-order chi connectivity index (χ0) is 24.0. The minimum absolute atomic E-state index is 0.0365. The Balaban J connectivity index is 2.00. The Morgan fingerprint density at radius 3 is 2.42 bits per heavy atom. The maximum atomic E-state index is 13.7. The number of nitrogens with zero attached hydrogens (tertiary/aromatic N) is 3. The smallest absolute Gasteiger partial charge is 0.320 e. The summed E-state index contributed by atoms with van der Waals surface area (Å²) in [4.78, 5) is 24.6. The van der Waals surface area contributed by atoms with Crippen molar-refractivity contribution in [2.24, 2.45) is 0 Å². The predicted molar refractivity (Wildman–Crippen MR) is 127 cm³/mol. The molecule has 0 unspecified atom stereocenters. The fourth-order valence-corrected chi connectivity index (χ4v) is 6.42. The highest BCUT2D eigenvalue weighted by molar-refractivity contribution is 9.09. The quantitative estimate of drug-likeness (QED) is 0.208. The number of esters is 1. The summed E-state index contributed by atoms with van der Waals surface area (Å²) in [5, 5.41) is 12.0. The number of hydrogen-bond donors (Lipinski definition) is 0. The van der Waals surface area contributed by atoms with E-state index in [1.54, 1.807) is 6.92 Å². The minimum atomic E-state index is -4.18. The summed E-state index contributed by atoms with van der Waals surface area (Å²) in [7, 11) is -4.18. The van der Waals surface area contributed by atoms with Crippen LogP contribution < -0.4 is 0 Å². The molecule has 0 spiro atoms. The van der Waals surface area contributed by atoms with Crippen LogP contribution in [0, 0.1) is 10.1 Å². The number of alkyl halides is 1. The van der Waals surface area contributed by atoms with E-state index in [2.05, 4.69) is 15.9 Å². The van der Waals surface area contributed by atoms with E-state index in [-0.39, 0.29) is 43.1 Å². The Labute approximate surface area is 201 Å². The van der Waals surface area contributed by atoms with E-state index in [1.807, 2.05) is 35.2 Å². The first-order valence-electron chi connectivity index (χ1n) is 10.5. The van der Waals surface area contributed by atoms with Gasteiger partial charge in [-0.3, -0.25) is 19.8 Å². The second-order valence-electron chi connectivity index (χ2n) is 7.69. The van der Waals surface area contributed by atoms with Gasteiger partial charge in [0.05, 0.1) is 18.1 Å². The zero-order valence-corrected chi connectivity index (χ0v) is 20.6. The Hall–Kier alpha value is -2.34. The van der Waals surface area contributed by atoms with Gasteiger partial charge in [-0.15, -0.1) is 0 Å². The fraction of sp³-hybridized carbons (Fsp3) is 0.409. The van der Waals surface area contributed by atoms with Crippen LogP contribution in [0.2, 0.25) is 0 Å². The summed E-state index contributed by atoms with van der Waals surface area (Å²) < 4.78 is 33.8. The largest absolute Gasteiger partial charge is 0.465 e. The van der Waals surface area contributed by atoms with E-state index in [9.17, 15) is 23.3 Å². The number of rotatable bonds is 9. The fourth-order valence-electron chi connectivity index (χ4n) is 3.99. The highest BCUT2D eigenvalue weighted by Crippen LogP contribution is 2.31. The number of carbonyl (C=O) groups is 1. The molecular weight excluding hydrogens is 514 g/mol. The van der Waals surface area contributed by atoms with Gasteiger partial charge in [-0.05, 0) is 25.0 Å². The highest BCUT2D eigenvalue weighted by atomic mass is 79.9. The van der Waals surface area contributed by atoms with Gasteiger partial charge in [0.25, 0.3) is 5.69 Å². The lowest BCUT2D eigenvalue weighted by Gasteiger charge is -2.44. The monoisotopic (exact) mass is 539 g/mol. The highest BCUT2D eigenvalue weighted by Gasteiger charge is 2.42. The summed E-state index contributed by atoms with van der Waals surface area (Å²) in [6.07, 6.45) is 0.398. The average molecular weight is 540 g/mol. The second-order valence-corrected chi connectivity index (χ2v) is 10.2. The molecule has 2 atom stereocenters. The van der Waals surface area contributed by atoms with Crippen LogP contribution in [-0.2, 0) is 26.0 Å². The molecule has 1 heterocycles. The van der Waals surface area contributed by atoms with Crippen LogP contribution in [0.1, 0.15) is 12.5 Å². The molecular formula is C22H26BrN3O6S. The third kappa shape index (κ3) is 5.97. The van der Waals surface area contributed by atoms with Crippen molar-refractivity contribution in [3.63, 3.8) is 0 Å². The second kappa shape index (κ2) is 11.2. The van der Waals surface area contributed by atoms with Gasteiger partial charge in [-0.1, -0.05) is 58.4 Å². The minimum Gasteiger partial charge on any atom is -0.465 e. The molecule has 1 saturated heterocycles. The van der Waals surface area contributed by atoms with E-state index < -0.39 is 26.7 Å². The van der Waals surface area contributed by atoms with Crippen molar-refractivity contribution in [1.82, 2.24) is 9.21 Å². The lowest BCUT2D eigenvalue weighted by Crippen LogP contribution is -2.61. The van der Waals surface area contributed by atoms with Crippen LogP contribution in [0.25, 0.3) is 0 Å². The Morgan fingerprint density at radius 1 is 1.12 bits per heavy atom. The van der Waals surface area contributed by atoms with Crippen LogP contribution in [0.4, 0.5) is 5.69 Å². The molecule has 1 aliphatic heterocycles. The molecule has 0 aromatic heterocycles. The van der Waals surface area contributed by atoms with Crippen LogP contribution in [0.5, 0.6) is 0 Å². The van der Waals surface area contributed by atoms with Gasteiger partial charge in [-0.25, -0.2) is 8.42 Å². The summed E-state index contributed by atoms with van der Waals surface area (Å²) in [5.74, 6) is -0.378. The third-order valence-electron chi connectivity index (χ3n) is 5.54. The van der Waals surface area contributed by atoms with Crippen LogP contribution >= 0.6 is 15.9 Å². The van der Waals surface area contributed by atoms with Gasteiger partial charge >= 0.3 is 5.97 Å². The number of piperazine rings is 1. The molecule has 33 heavy (non-hydrogen) atoms. The van der Waals surface area contributed by atoms with Gasteiger partial charge in [0, 0.05) is 36.6 Å². The molecule has 3 rings (SSSR count). The third-order valence-corrected chi connectivity index (χ3v) is 8.25. The Bertz CT molecular complexity index is 1080. The van der Waals surface area contributed by atoms with Crippen molar-refractivity contribution >= 4 is 37.6 Å². The molecule has 9 nitrogen and oxygen atoms in total. The van der Waals surface area contributed by atoms with E-state index >= 15 is 0 Å². The number of nitro groups is 1. The molecule has 0 saturated carbocycles. The number of nitro benzene ring substituents is 1. The number of hydrogen-bond acceptors (Lipinski definition) is 7. The first kappa shape index (κ1) is 25.3. The van der Waals surface area contributed by atoms with Crippen LogP contribution in [-0.4, -0.2) is 72.2 Å². The number of para-hydroxylation sites is 1. The maximum absolute atomic E-state index is 13.7. The van der Waals surface area contributed by atoms with Crippen molar-refractivity contribution in [2.75, 3.05) is 31.6 Å². The Kier molecular flexibility index (Phi) is 8.57.